The van der Waals surface area contributed by atoms with Gasteiger partial charge in [0.05, 0.1) is 7.11 Å². The molecule has 21 heavy (non-hydrogen) atoms. The van der Waals surface area contributed by atoms with Gasteiger partial charge in [0.15, 0.2) is 0 Å². The van der Waals surface area contributed by atoms with Crippen LogP contribution in [0.5, 0.6) is 5.75 Å². The molecule has 2 rings (SSSR count). The zero-order chi connectivity index (χ0) is 15.2. The van der Waals surface area contributed by atoms with E-state index in [1.54, 1.807) is 18.9 Å². The summed E-state index contributed by atoms with van der Waals surface area (Å²) in [7, 11) is 1.68. The van der Waals surface area contributed by atoms with Crippen molar-refractivity contribution >= 4 is 27.7 Å². The van der Waals surface area contributed by atoms with Crippen LogP contribution in [-0.2, 0) is 6.42 Å². The van der Waals surface area contributed by atoms with Crippen molar-refractivity contribution in [3.8, 4) is 5.75 Å². The van der Waals surface area contributed by atoms with E-state index in [0.29, 0.717) is 0 Å². The van der Waals surface area contributed by atoms with Gasteiger partial charge < -0.3 is 10.5 Å². The van der Waals surface area contributed by atoms with Crippen LogP contribution in [0.4, 0.5) is 0 Å². The van der Waals surface area contributed by atoms with E-state index in [2.05, 4.69) is 47.1 Å². The van der Waals surface area contributed by atoms with Crippen molar-refractivity contribution in [3.05, 3.63) is 58.1 Å². The Morgan fingerprint density at radius 1 is 1.19 bits per heavy atom. The van der Waals surface area contributed by atoms with Gasteiger partial charge in [-0.1, -0.05) is 33.6 Å². The van der Waals surface area contributed by atoms with Crippen LogP contribution >= 0.6 is 27.7 Å². The molecule has 0 amide bonds. The molecule has 2 N–H and O–H groups in total. The summed E-state index contributed by atoms with van der Waals surface area (Å²) in [5, 5.41) is 0. The monoisotopic (exact) mass is 365 g/mol. The lowest BCUT2D eigenvalue weighted by Crippen LogP contribution is -2.25. The number of benzene rings is 2. The lowest BCUT2D eigenvalue weighted by molar-refractivity contribution is 0.414. The number of thioether (sulfide) groups is 1. The predicted molar refractivity (Wildman–Crippen MR) is 94.3 cm³/mol. The van der Waals surface area contributed by atoms with E-state index in [1.165, 1.54) is 16.0 Å². The fraction of sp³-hybridized carbons (Fsp3) is 0.294. The SMILES string of the molecule is COc1ccc(Br)c(CC(N)CSc2ccc(C)cc2)c1. The van der Waals surface area contributed by atoms with Crippen LogP contribution in [0.3, 0.4) is 0 Å². The first-order valence-electron chi connectivity index (χ1n) is 6.86. The molecule has 0 aliphatic heterocycles. The second kappa shape index (κ2) is 7.87. The Hall–Kier alpha value is -0.970. The van der Waals surface area contributed by atoms with Crippen molar-refractivity contribution in [3.63, 3.8) is 0 Å². The molecule has 0 saturated carbocycles. The maximum atomic E-state index is 6.26. The minimum absolute atomic E-state index is 0.111. The maximum absolute atomic E-state index is 6.26. The van der Waals surface area contributed by atoms with Crippen LogP contribution in [0.25, 0.3) is 0 Å². The van der Waals surface area contributed by atoms with E-state index in [1.807, 2.05) is 18.2 Å². The van der Waals surface area contributed by atoms with Crippen LogP contribution in [-0.4, -0.2) is 18.9 Å². The average Bonchev–Trinajstić information content (AvgIpc) is 2.49. The summed E-state index contributed by atoms with van der Waals surface area (Å²) in [6.07, 6.45) is 0.830. The Morgan fingerprint density at radius 3 is 2.57 bits per heavy atom. The number of hydrogen-bond acceptors (Lipinski definition) is 3. The highest BCUT2D eigenvalue weighted by Crippen LogP contribution is 2.25. The fourth-order valence-electron chi connectivity index (χ4n) is 2.01. The molecule has 2 nitrogen and oxygen atoms in total. The third-order valence-corrected chi connectivity index (χ3v) is 5.19. The number of methoxy groups -OCH3 is 1. The van der Waals surface area contributed by atoms with Crippen molar-refractivity contribution in [1.29, 1.82) is 0 Å². The molecule has 0 radical (unpaired) electrons. The summed E-state index contributed by atoms with van der Waals surface area (Å²) in [6.45, 7) is 2.10. The molecule has 1 unspecified atom stereocenters. The largest absolute Gasteiger partial charge is 0.497 e. The molecular formula is C17H20BrNOS. The molecule has 0 fully saturated rings. The van der Waals surface area contributed by atoms with E-state index >= 15 is 0 Å². The van der Waals surface area contributed by atoms with Gasteiger partial charge in [-0.15, -0.1) is 11.8 Å². The number of aryl methyl sites for hydroxylation is 1. The van der Waals surface area contributed by atoms with E-state index in [0.717, 1.165) is 22.4 Å². The zero-order valence-electron chi connectivity index (χ0n) is 12.3. The average molecular weight is 366 g/mol. The number of nitrogens with two attached hydrogens (primary N) is 1. The van der Waals surface area contributed by atoms with E-state index in [-0.39, 0.29) is 6.04 Å². The van der Waals surface area contributed by atoms with E-state index in [4.69, 9.17) is 10.5 Å². The molecule has 0 aliphatic carbocycles. The van der Waals surface area contributed by atoms with Crippen LogP contribution in [0.1, 0.15) is 11.1 Å². The van der Waals surface area contributed by atoms with Gasteiger partial charge in [-0.3, -0.25) is 0 Å². The molecule has 1 atom stereocenters. The van der Waals surface area contributed by atoms with Gasteiger partial charge in [0.25, 0.3) is 0 Å². The number of ether oxygens (including phenoxy) is 1. The quantitative estimate of drug-likeness (QED) is 0.769. The summed E-state index contributed by atoms with van der Waals surface area (Å²) >= 11 is 5.37. The highest BCUT2D eigenvalue weighted by Gasteiger charge is 2.09. The van der Waals surface area contributed by atoms with Gasteiger partial charge in [-0.05, 0) is 49.2 Å². The second-order valence-electron chi connectivity index (χ2n) is 5.05. The Morgan fingerprint density at radius 2 is 1.90 bits per heavy atom. The second-order valence-corrected chi connectivity index (χ2v) is 6.99. The molecule has 0 saturated heterocycles. The van der Waals surface area contributed by atoms with Gasteiger partial charge in [0.2, 0.25) is 0 Å². The van der Waals surface area contributed by atoms with Gasteiger partial charge in [0, 0.05) is 21.2 Å². The number of rotatable bonds is 6. The highest BCUT2D eigenvalue weighted by molar-refractivity contribution is 9.10. The molecule has 0 aliphatic rings. The van der Waals surface area contributed by atoms with Crippen molar-refractivity contribution in [2.75, 3.05) is 12.9 Å². The Kier molecular flexibility index (Phi) is 6.15. The van der Waals surface area contributed by atoms with Crippen molar-refractivity contribution in [1.82, 2.24) is 0 Å². The fourth-order valence-corrected chi connectivity index (χ4v) is 3.28. The molecule has 4 heteroatoms. The lowest BCUT2D eigenvalue weighted by Gasteiger charge is -2.13. The first kappa shape index (κ1) is 16.4. The summed E-state index contributed by atoms with van der Waals surface area (Å²) in [6, 6.07) is 14.7. The summed E-state index contributed by atoms with van der Waals surface area (Å²) in [5.74, 6) is 1.76. The van der Waals surface area contributed by atoms with E-state index < -0.39 is 0 Å². The maximum Gasteiger partial charge on any atom is 0.119 e. The van der Waals surface area contributed by atoms with Gasteiger partial charge in [-0.25, -0.2) is 0 Å². The summed E-state index contributed by atoms with van der Waals surface area (Å²) in [5.41, 5.74) is 8.73. The van der Waals surface area contributed by atoms with Crippen LogP contribution in [0, 0.1) is 6.92 Å². The van der Waals surface area contributed by atoms with Crippen LogP contribution in [0.15, 0.2) is 51.8 Å². The first-order chi connectivity index (χ1) is 10.1. The zero-order valence-corrected chi connectivity index (χ0v) is 14.7. The number of halogens is 1. The molecule has 0 bridgehead atoms. The van der Waals surface area contributed by atoms with Crippen LogP contribution < -0.4 is 10.5 Å². The Bertz CT molecular complexity index is 586. The standard InChI is InChI=1S/C17H20BrNOS/c1-12-3-6-16(7-4-12)21-11-14(19)9-13-10-15(20-2)5-8-17(13)18/h3-8,10,14H,9,11,19H2,1-2H3. The Balaban J connectivity index is 1.92. The van der Waals surface area contributed by atoms with Gasteiger partial charge >= 0.3 is 0 Å². The van der Waals surface area contributed by atoms with Crippen LogP contribution in [0.2, 0.25) is 0 Å². The third kappa shape index (κ3) is 5.06. The van der Waals surface area contributed by atoms with Gasteiger partial charge in [-0.2, -0.15) is 0 Å². The molecule has 2 aromatic carbocycles. The Labute approximate surface area is 139 Å². The molecule has 112 valence electrons. The smallest absolute Gasteiger partial charge is 0.119 e. The minimum Gasteiger partial charge on any atom is -0.497 e. The predicted octanol–water partition coefficient (Wildman–Crippen LogP) is 4.43. The first-order valence-corrected chi connectivity index (χ1v) is 8.64. The molecule has 2 aromatic rings. The third-order valence-electron chi connectivity index (χ3n) is 3.22. The molecule has 0 spiro atoms. The van der Waals surface area contributed by atoms with Crippen molar-refractivity contribution in [2.45, 2.75) is 24.3 Å². The van der Waals surface area contributed by atoms with Crippen molar-refractivity contribution < 1.29 is 4.74 Å². The number of hydrogen-bond donors (Lipinski definition) is 1. The minimum atomic E-state index is 0.111. The lowest BCUT2D eigenvalue weighted by atomic mass is 10.1. The molecule has 0 aromatic heterocycles. The highest BCUT2D eigenvalue weighted by atomic mass is 79.9. The van der Waals surface area contributed by atoms with Crippen molar-refractivity contribution in [2.24, 2.45) is 5.73 Å². The molecule has 0 heterocycles. The topological polar surface area (TPSA) is 35.2 Å². The summed E-state index contributed by atoms with van der Waals surface area (Å²) in [4.78, 5) is 1.26. The summed E-state index contributed by atoms with van der Waals surface area (Å²) < 4.78 is 6.35. The van der Waals surface area contributed by atoms with E-state index in [9.17, 15) is 0 Å². The van der Waals surface area contributed by atoms with Gasteiger partial charge in [0.1, 0.15) is 5.75 Å². The normalized spacial score (nSPS) is 12.2. The molecular weight excluding hydrogens is 346 g/mol.